The van der Waals surface area contributed by atoms with Crippen molar-refractivity contribution in [3.05, 3.63) is 199 Å². The Balaban J connectivity index is 0.00000266. The Kier molecular flexibility index (Phi) is 12.3. The zero-order chi connectivity index (χ0) is 37.8. The number of benzene rings is 6. The van der Waals surface area contributed by atoms with E-state index in [4.69, 9.17) is 0 Å². The predicted molar refractivity (Wildman–Crippen MR) is 244 cm³/mol. The summed E-state index contributed by atoms with van der Waals surface area (Å²) in [7, 11) is 0. The summed E-state index contributed by atoms with van der Waals surface area (Å²) < 4.78 is 3.56. The maximum absolute atomic E-state index is 2.94. The van der Waals surface area contributed by atoms with E-state index >= 15 is 0 Å². The van der Waals surface area contributed by atoms with Crippen LogP contribution in [0.3, 0.4) is 0 Å². The van der Waals surface area contributed by atoms with Gasteiger partial charge in [0.25, 0.3) is 0 Å². The molecule has 0 amide bonds. The number of fused-ring (bicyclic) bond motifs is 3. The molecule has 0 N–H and O–H groups in total. The fourth-order valence-corrected chi connectivity index (χ4v) is 17.6. The molecule has 8 rings (SSSR count). The van der Waals surface area contributed by atoms with E-state index in [2.05, 4.69) is 207 Å². The Morgan fingerprint density at radius 1 is 0.518 bits per heavy atom. The van der Waals surface area contributed by atoms with Crippen molar-refractivity contribution < 1.29 is 21.3 Å². The molecule has 0 heterocycles. The third-order valence-electron chi connectivity index (χ3n) is 11.4. The molecule has 3 heteroatoms. The second-order valence-corrected chi connectivity index (χ2v) is 23.7. The smallest absolute Gasteiger partial charge is 0.147 e. The van der Waals surface area contributed by atoms with Gasteiger partial charge >= 0.3 is 334 Å². The minimum atomic E-state index is -2.94. The van der Waals surface area contributed by atoms with Gasteiger partial charge in [-0.15, -0.1) is 24.8 Å². The third-order valence-corrected chi connectivity index (χ3v) is 19.7. The molecule has 0 bridgehead atoms. The minimum Gasteiger partial charge on any atom is -0.147 e. The first-order chi connectivity index (χ1) is 25.9. The molecule has 0 spiro atoms. The van der Waals surface area contributed by atoms with Crippen molar-refractivity contribution in [3.8, 4) is 33.4 Å². The van der Waals surface area contributed by atoms with E-state index in [0.29, 0.717) is 3.63 Å². The molecule has 56 heavy (non-hydrogen) atoms. The predicted octanol–water partition coefficient (Wildman–Crippen LogP) is 14.9. The van der Waals surface area contributed by atoms with Gasteiger partial charge in [0.15, 0.2) is 0 Å². The van der Waals surface area contributed by atoms with Crippen molar-refractivity contribution in [2.45, 2.75) is 76.3 Å². The molecule has 0 saturated carbocycles. The third kappa shape index (κ3) is 7.98. The molecule has 0 radical (unpaired) electrons. The van der Waals surface area contributed by atoms with Gasteiger partial charge in [0, 0.05) is 0 Å². The van der Waals surface area contributed by atoms with Crippen LogP contribution >= 0.6 is 24.8 Å². The van der Waals surface area contributed by atoms with Crippen LogP contribution in [-0.4, -0.2) is 3.21 Å². The summed E-state index contributed by atoms with van der Waals surface area (Å²) in [5.41, 5.74) is 19.4. The van der Waals surface area contributed by atoms with Crippen LogP contribution < -0.4 is 0 Å². The molecular formula is C53H54Cl2Zr. The van der Waals surface area contributed by atoms with Crippen molar-refractivity contribution in [2.75, 3.05) is 0 Å². The average molecular weight is 853 g/mol. The topological polar surface area (TPSA) is 0 Å². The molecular weight excluding hydrogens is 799 g/mol. The monoisotopic (exact) mass is 850 g/mol. The molecule has 0 unspecified atom stereocenters. The molecule has 0 aliphatic heterocycles. The van der Waals surface area contributed by atoms with Gasteiger partial charge in [-0.1, -0.05) is 0 Å². The van der Waals surface area contributed by atoms with Crippen LogP contribution in [0.1, 0.15) is 96.1 Å². The van der Waals surface area contributed by atoms with Crippen molar-refractivity contribution in [1.29, 1.82) is 0 Å². The van der Waals surface area contributed by atoms with Gasteiger partial charge in [-0.25, -0.2) is 0 Å². The first kappa shape index (κ1) is 41.8. The minimum absolute atomic E-state index is 0. The number of rotatable bonds is 6. The van der Waals surface area contributed by atoms with E-state index in [0.717, 1.165) is 6.42 Å². The SMILES string of the molecule is Cc1ccc([C](c2ccc(C)cc2)=[Zr]([C]2=CC=CC2)[CH]2c3cc(-c4ccccc4)c(C(C)(C)C)cc3-c3cc(C(C)(C)C)c(-c4ccccc4)cc32)cc1.Cl.Cl. The Morgan fingerprint density at radius 3 is 1.29 bits per heavy atom. The van der Waals surface area contributed by atoms with Crippen molar-refractivity contribution >= 4 is 28.0 Å². The van der Waals surface area contributed by atoms with Crippen molar-refractivity contribution in [2.24, 2.45) is 0 Å². The first-order valence-electron chi connectivity index (χ1n) is 19.6. The fourth-order valence-electron chi connectivity index (χ4n) is 8.67. The van der Waals surface area contributed by atoms with E-state index in [1.165, 1.54) is 77.9 Å². The van der Waals surface area contributed by atoms with Crippen LogP contribution in [0.25, 0.3) is 33.4 Å². The van der Waals surface area contributed by atoms with Gasteiger partial charge in [-0.05, 0) is 0 Å². The number of allylic oxidation sites excluding steroid dienone is 4. The van der Waals surface area contributed by atoms with E-state index in [-0.39, 0.29) is 35.6 Å². The van der Waals surface area contributed by atoms with Gasteiger partial charge in [0.2, 0.25) is 0 Å². The summed E-state index contributed by atoms with van der Waals surface area (Å²) in [6, 6.07) is 51.6. The van der Waals surface area contributed by atoms with Crippen LogP contribution in [0, 0.1) is 13.8 Å². The van der Waals surface area contributed by atoms with Crippen LogP contribution in [-0.2, 0) is 32.1 Å². The number of aryl methyl sites for hydroxylation is 2. The number of hydrogen-bond acceptors (Lipinski definition) is 0. The molecule has 0 saturated heterocycles. The molecule has 2 aliphatic carbocycles. The molecule has 6 aromatic carbocycles. The standard InChI is InChI=1S/C33H33.C15H14.C5H5.2ClH.Zr/c1-32(2,3)30-20-26-24(18-28(30)22-13-9-7-10-14-22)17-25-19-29(23-15-11-8-12-16-23)31(21-27(25)26)33(4,5)6;1-12-3-7-14(8-4-12)11-15-9-5-13(2)6-10-15;1-2-4-5-3-1;;;/h7-21H,1-6H3;3-10H,1-2H3;1-3H,4H2;2*1H;. The molecule has 0 fully saturated rings. The Bertz CT molecular complexity index is 2300. The van der Waals surface area contributed by atoms with Gasteiger partial charge in [-0.2, -0.15) is 0 Å². The van der Waals surface area contributed by atoms with E-state index < -0.39 is 21.3 Å². The Hall–Kier alpha value is -3.87. The second-order valence-electron chi connectivity index (χ2n) is 17.5. The van der Waals surface area contributed by atoms with Gasteiger partial charge in [0.05, 0.1) is 0 Å². The van der Waals surface area contributed by atoms with Gasteiger partial charge in [0.1, 0.15) is 0 Å². The summed E-state index contributed by atoms with van der Waals surface area (Å²) >= 11 is -2.94. The number of halogens is 2. The van der Waals surface area contributed by atoms with Gasteiger partial charge < -0.3 is 0 Å². The first-order valence-corrected chi connectivity index (χ1v) is 23.5. The normalized spacial score (nSPS) is 13.3. The zero-order valence-electron chi connectivity index (χ0n) is 34.0. The Labute approximate surface area is 355 Å². The summed E-state index contributed by atoms with van der Waals surface area (Å²) in [5.74, 6) is 0. The molecule has 284 valence electrons. The molecule has 6 aromatic rings. The summed E-state index contributed by atoms with van der Waals surface area (Å²) in [6.45, 7) is 18.7. The fraction of sp³-hybridized carbons (Fsp3) is 0.226. The maximum Gasteiger partial charge on any atom is -0.147 e. The average Bonchev–Trinajstić information content (AvgIpc) is 3.80. The molecule has 0 nitrogen and oxygen atoms in total. The van der Waals surface area contributed by atoms with Crippen LogP contribution in [0.5, 0.6) is 0 Å². The van der Waals surface area contributed by atoms with E-state index in [1.807, 2.05) is 0 Å². The zero-order valence-corrected chi connectivity index (χ0v) is 38.1. The summed E-state index contributed by atoms with van der Waals surface area (Å²) in [6.07, 6.45) is 8.25. The quantitative estimate of drug-likeness (QED) is 0.157. The van der Waals surface area contributed by atoms with Crippen LogP contribution in [0.15, 0.2) is 155 Å². The largest absolute Gasteiger partial charge is 0.147 e. The van der Waals surface area contributed by atoms with Crippen molar-refractivity contribution in [1.82, 2.24) is 0 Å². The summed E-state index contributed by atoms with van der Waals surface area (Å²) in [5, 5.41) is 0. The second kappa shape index (κ2) is 16.5. The Morgan fingerprint density at radius 2 is 0.929 bits per heavy atom. The summed E-state index contributed by atoms with van der Waals surface area (Å²) in [4.78, 5) is 0. The maximum atomic E-state index is 2.64. The van der Waals surface area contributed by atoms with Crippen molar-refractivity contribution in [3.63, 3.8) is 0 Å². The van der Waals surface area contributed by atoms with E-state index in [9.17, 15) is 0 Å². The number of hydrogen-bond donors (Lipinski definition) is 0. The van der Waals surface area contributed by atoms with Crippen LogP contribution in [0.2, 0.25) is 0 Å². The van der Waals surface area contributed by atoms with E-state index in [1.54, 1.807) is 6.49 Å². The van der Waals surface area contributed by atoms with Crippen LogP contribution in [0.4, 0.5) is 0 Å². The molecule has 0 atom stereocenters. The van der Waals surface area contributed by atoms with Gasteiger partial charge in [-0.3, -0.25) is 0 Å². The molecule has 2 aliphatic rings. The molecule has 0 aromatic heterocycles.